The zero-order chi connectivity index (χ0) is 9.38. The monoisotopic (exact) mass is 184 g/mol. The van der Waals surface area contributed by atoms with E-state index in [0.29, 0.717) is 6.04 Å². The summed E-state index contributed by atoms with van der Waals surface area (Å²) in [6.07, 6.45) is 4.12. The smallest absolute Gasteiger partial charge is 0.0449 e. The van der Waals surface area contributed by atoms with Crippen molar-refractivity contribution >= 4 is 0 Å². The SMILES string of the molecule is c1ccn(-c2ccc([C@H]3CN3)cc2)c1. The number of hydrogen-bond donors (Lipinski definition) is 1. The van der Waals surface area contributed by atoms with E-state index in [2.05, 4.69) is 46.5 Å². The summed E-state index contributed by atoms with van der Waals surface area (Å²) < 4.78 is 2.12. The minimum absolute atomic E-state index is 0.605. The predicted molar refractivity (Wildman–Crippen MR) is 56.5 cm³/mol. The highest BCUT2D eigenvalue weighted by molar-refractivity contribution is 5.37. The largest absolute Gasteiger partial charge is 0.324 e. The number of rotatable bonds is 2. The van der Waals surface area contributed by atoms with E-state index in [9.17, 15) is 0 Å². The molecule has 70 valence electrons. The summed E-state index contributed by atoms with van der Waals surface area (Å²) in [6, 6.07) is 13.4. The van der Waals surface area contributed by atoms with E-state index in [1.807, 2.05) is 12.1 Å². The summed E-state index contributed by atoms with van der Waals surface area (Å²) in [6.45, 7) is 1.13. The van der Waals surface area contributed by atoms with Gasteiger partial charge in [0.1, 0.15) is 0 Å². The molecule has 0 amide bonds. The molecule has 0 saturated carbocycles. The van der Waals surface area contributed by atoms with Crippen LogP contribution in [0.25, 0.3) is 5.69 Å². The standard InChI is InChI=1S/C12H12N2/c1-2-8-14(7-1)11-5-3-10(4-6-11)12-9-13-12/h1-8,12-13H,9H2/t12-/m1/s1. The lowest BCUT2D eigenvalue weighted by Gasteiger charge is -2.03. The Labute approximate surface area is 83.2 Å². The lowest BCUT2D eigenvalue weighted by molar-refractivity contribution is 1.05. The number of nitrogens with one attached hydrogen (secondary N) is 1. The summed E-state index contributed by atoms with van der Waals surface area (Å²) in [5.41, 5.74) is 2.61. The van der Waals surface area contributed by atoms with Crippen LogP contribution in [-0.4, -0.2) is 11.1 Å². The first-order valence-corrected chi connectivity index (χ1v) is 4.90. The fourth-order valence-electron chi connectivity index (χ4n) is 1.68. The van der Waals surface area contributed by atoms with E-state index in [-0.39, 0.29) is 0 Å². The molecular weight excluding hydrogens is 172 g/mol. The molecule has 1 aromatic heterocycles. The van der Waals surface area contributed by atoms with E-state index in [1.54, 1.807) is 0 Å². The van der Waals surface area contributed by atoms with Gasteiger partial charge in [0.15, 0.2) is 0 Å². The van der Waals surface area contributed by atoms with Crippen LogP contribution in [0.15, 0.2) is 48.8 Å². The van der Waals surface area contributed by atoms with Crippen LogP contribution in [0.5, 0.6) is 0 Å². The van der Waals surface area contributed by atoms with E-state index >= 15 is 0 Å². The quantitative estimate of drug-likeness (QED) is 0.711. The second-order valence-corrected chi connectivity index (χ2v) is 3.64. The molecule has 0 unspecified atom stereocenters. The molecule has 2 heteroatoms. The van der Waals surface area contributed by atoms with Gasteiger partial charge in [-0.1, -0.05) is 12.1 Å². The van der Waals surface area contributed by atoms with Crippen LogP contribution >= 0.6 is 0 Å². The maximum absolute atomic E-state index is 3.30. The molecular formula is C12H12N2. The molecule has 3 rings (SSSR count). The van der Waals surface area contributed by atoms with Gasteiger partial charge in [0, 0.05) is 30.7 Å². The number of hydrogen-bond acceptors (Lipinski definition) is 1. The van der Waals surface area contributed by atoms with Crippen molar-refractivity contribution in [2.75, 3.05) is 6.54 Å². The molecule has 0 radical (unpaired) electrons. The van der Waals surface area contributed by atoms with Crippen LogP contribution < -0.4 is 5.32 Å². The van der Waals surface area contributed by atoms with Gasteiger partial charge in [0.05, 0.1) is 0 Å². The molecule has 1 aromatic carbocycles. The third-order valence-corrected chi connectivity index (χ3v) is 2.61. The zero-order valence-electron chi connectivity index (χ0n) is 7.85. The van der Waals surface area contributed by atoms with Gasteiger partial charge in [-0.2, -0.15) is 0 Å². The van der Waals surface area contributed by atoms with Gasteiger partial charge in [-0.15, -0.1) is 0 Å². The third-order valence-electron chi connectivity index (χ3n) is 2.61. The van der Waals surface area contributed by atoms with Crippen molar-refractivity contribution in [2.24, 2.45) is 0 Å². The molecule has 0 aliphatic carbocycles. The number of aromatic nitrogens is 1. The van der Waals surface area contributed by atoms with Crippen LogP contribution in [-0.2, 0) is 0 Å². The van der Waals surface area contributed by atoms with Crippen molar-refractivity contribution in [2.45, 2.75) is 6.04 Å². The van der Waals surface area contributed by atoms with Gasteiger partial charge in [0.2, 0.25) is 0 Å². The predicted octanol–water partition coefficient (Wildman–Crippen LogP) is 2.12. The van der Waals surface area contributed by atoms with Crippen molar-refractivity contribution in [3.63, 3.8) is 0 Å². The fraction of sp³-hybridized carbons (Fsp3) is 0.167. The van der Waals surface area contributed by atoms with Gasteiger partial charge in [-0.25, -0.2) is 0 Å². The van der Waals surface area contributed by atoms with Crippen molar-refractivity contribution in [3.05, 3.63) is 54.4 Å². The van der Waals surface area contributed by atoms with E-state index in [0.717, 1.165) is 6.54 Å². The summed E-state index contributed by atoms with van der Waals surface area (Å²) in [7, 11) is 0. The lowest BCUT2D eigenvalue weighted by atomic mass is 10.1. The van der Waals surface area contributed by atoms with Gasteiger partial charge in [-0.3, -0.25) is 0 Å². The van der Waals surface area contributed by atoms with Crippen LogP contribution in [0.4, 0.5) is 0 Å². The summed E-state index contributed by atoms with van der Waals surface area (Å²) in [5, 5.41) is 3.30. The Morgan fingerprint density at radius 3 is 2.29 bits per heavy atom. The van der Waals surface area contributed by atoms with Crippen LogP contribution in [0, 0.1) is 0 Å². The number of benzene rings is 1. The molecule has 1 aliphatic heterocycles. The summed E-state index contributed by atoms with van der Waals surface area (Å²) >= 11 is 0. The minimum atomic E-state index is 0.605. The van der Waals surface area contributed by atoms with Gasteiger partial charge >= 0.3 is 0 Å². The molecule has 1 N–H and O–H groups in total. The second-order valence-electron chi connectivity index (χ2n) is 3.64. The molecule has 2 aromatic rings. The Morgan fingerprint density at radius 1 is 1.07 bits per heavy atom. The average molecular weight is 184 g/mol. The first-order valence-electron chi connectivity index (χ1n) is 4.90. The topological polar surface area (TPSA) is 26.9 Å². The second kappa shape index (κ2) is 3.00. The van der Waals surface area contributed by atoms with E-state index in [4.69, 9.17) is 0 Å². The highest BCUT2D eigenvalue weighted by atomic mass is 15.1. The van der Waals surface area contributed by atoms with Crippen molar-refractivity contribution in [3.8, 4) is 5.69 Å². The molecule has 0 spiro atoms. The molecule has 1 aliphatic rings. The minimum Gasteiger partial charge on any atom is -0.324 e. The average Bonchev–Trinajstić information content (AvgIpc) is 2.94. The van der Waals surface area contributed by atoms with Gasteiger partial charge < -0.3 is 9.88 Å². The van der Waals surface area contributed by atoms with Gasteiger partial charge in [0.25, 0.3) is 0 Å². The van der Waals surface area contributed by atoms with E-state index in [1.165, 1.54) is 11.3 Å². The maximum Gasteiger partial charge on any atom is 0.0449 e. The summed E-state index contributed by atoms with van der Waals surface area (Å²) in [5.74, 6) is 0. The Balaban J connectivity index is 1.93. The maximum atomic E-state index is 3.30. The first kappa shape index (κ1) is 7.83. The lowest BCUT2D eigenvalue weighted by Crippen LogP contribution is -1.90. The van der Waals surface area contributed by atoms with Crippen molar-refractivity contribution < 1.29 is 0 Å². The van der Waals surface area contributed by atoms with Gasteiger partial charge in [-0.05, 0) is 29.8 Å². The Morgan fingerprint density at radius 2 is 1.71 bits per heavy atom. The fourth-order valence-corrected chi connectivity index (χ4v) is 1.68. The Kier molecular flexibility index (Phi) is 1.67. The highest BCUT2D eigenvalue weighted by Gasteiger charge is 2.21. The van der Waals surface area contributed by atoms with Crippen LogP contribution in [0.1, 0.15) is 11.6 Å². The summed E-state index contributed by atoms with van der Waals surface area (Å²) in [4.78, 5) is 0. The highest BCUT2D eigenvalue weighted by Crippen LogP contribution is 2.22. The van der Waals surface area contributed by atoms with Crippen molar-refractivity contribution in [1.82, 2.24) is 9.88 Å². The molecule has 1 fully saturated rings. The molecule has 2 nitrogen and oxygen atoms in total. The molecule has 1 atom stereocenters. The Hall–Kier alpha value is -1.54. The van der Waals surface area contributed by atoms with Crippen LogP contribution in [0.2, 0.25) is 0 Å². The first-order chi connectivity index (χ1) is 6.93. The van der Waals surface area contributed by atoms with E-state index < -0.39 is 0 Å². The number of nitrogens with zero attached hydrogens (tertiary/aromatic N) is 1. The van der Waals surface area contributed by atoms with Crippen LogP contribution in [0.3, 0.4) is 0 Å². The molecule has 14 heavy (non-hydrogen) atoms. The molecule has 1 saturated heterocycles. The molecule has 0 bridgehead atoms. The Bertz CT molecular complexity index is 410. The zero-order valence-corrected chi connectivity index (χ0v) is 7.85. The van der Waals surface area contributed by atoms with Crippen molar-refractivity contribution in [1.29, 1.82) is 0 Å². The third kappa shape index (κ3) is 1.34. The molecule has 2 heterocycles. The normalized spacial score (nSPS) is 19.6.